The van der Waals surface area contributed by atoms with E-state index in [0.29, 0.717) is 10.6 Å². The van der Waals surface area contributed by atoms with Crippen LogP contribution in [0.3, 0.4) is 0 Å². The van der Waals surface area contributed by atoms with Crippen LogP contribution in [0.4, 0.5) is 0 Å². The van der Waals surface area contributed by atoms with Gasteiger partial charge in [0.05, 0.1) is 19.1 Å². The first kappa shape index (κ1) is 28.1. The van der Waals surface area contributed by atoms with Crippen LogP contribution in [-0.2, 0) is 20.9 Å². The molecule has 5 rings (SSSR count). The lowest BCUT2D eigenvalue weighted by Crippen LogP contribution is -2.48. The molecule has 1 fully saturated rings. The van der Waals surface area contributed by atoms with Crippen molar-refractivity contribution in [1.29, 1.82) is 0 Å². The molecule has 4 unspecified atom stereocenters. The normalized spacial score (nSPS) is 19.9. The highest BCUT2D eigenvalue weighted by atomic mass is 35.5. The van der Waals surface area contributed by atoms with E-state index in [0.717, 1.165) is 22.3 Å². The van der Waals surface area contributed by atoms with Gasteiger partial charge in [0.2, 0.25) is 5.91 Å². The Kier molecular flexibility index (Phi) is 8.50. The van der Waals surface area contributed by atoms with Gasteiger partial charge in [-0.25, -0.2) is 0 Å². The predicted molar refractivity (Wildman–Crippen MR) is 158 cm³/mol. The van der Waals surface area contributed by atoms with Gasteiger partial charge in [-0.2, -0.15) is 0 Å². The molecule has 1 N–H and O–H groups in total. The Morgan fingerprint density at radius 1 is 0.805 bits per heavy atom. The molecule has 208 valence electrons. The second-order valence-electron chi connectivity index (χ2n) is 10.2. The summed E-state index contributed by atoms with van der Waals surface area (Å²) in [6.45, 7) is 2.11. The van der Waals surface area contributed by atoms with Gasteiger partial charge in [-0.05, 0) is 41.8 Å². The molecule has 0 saturated carbocycles. The zero-order valence-electron chi connectivity index (χ0n) is 22.9. The smallest absolute Gasteiger partial charge is 0.311 e. The molecule has 4 atom stereocenters. The fraction of sp³-hybridized carbons (Fsp3) is 0.206. The topological polar surface area (TPSA) is 75.7 Å². The minimum Gasteiger partial charge on any atom is -0.469 e. The number of carbonyl (C=O) groups is 3. The number of methoxy groups -OCH3 is 1. The molecule has 0 aliphatic carbocycles. The number of amides is 2. The molecule has 2 amide bonds. The quantitative estimate of drug-likeness (QED) is 0.274. The molecule has 0 radical (unpaired) electrons. The van der Waals surface area contributed by atoms with Crippen LogP contribution in [0.5, 0.6) is 0 Å². The summed E-state index contributed by atoms with van der Waals surface area (Å²) < 4.78 is 5.33. The van der Waals surface area contributed by atoms with Crippen molar-refractivity contribution in [2.24, 2.45) is 5.92 Å². The number of rotatable bonds is 7. The Morgan fingerprint density at radius 2 is 1.39 bits per heavy atom. The maximum absolute atomic E-state index is 14.4. The summed E-state index contributed by atoms with van der Waals surface area (Å²) in [5.74, 6) is -2.73. The summed E-state index contributed by atoms with van der Waals surface area (Å²) in [6, 6.07) is 31.5. The van der Waals surface area contributed by atoms with Crippen molar-refractivity contribution < 1.29 is 19.1 Å². The first-order valence-corrected chi connectivity index (χ1v) is 13.9. The van der Waals surface area contributed by atoms with Gasteiger partial charge in [0, 0.05) is 23.0 Å². The summed E-state index contributed by atoms with van der Waals surface area (Å²) in [5.41, 5.74) is 3.69. The predicted octanol–water partition coefficient (Wildman–Crippen LogP) is 6.10. The zero-order valence-corrected chi connectivity index (χ0v) is 23.6. The van der Waals surface area contributed by atoms with Gasteiger partial charge in [0.15, 0.2) is 0 Å². The minimum absolute atomic E-state index is 0.169. The van der Waals surface area contributed by atoms with Crippen LogP contribution < -0.4 is 5.32 Å². The lowest BCUT2D eigenvalue weighted by molar-refractivity contribution is -0.146. The summed E-state index contributed by atoms with van der Waals surface area (Å²) in [5, 5.41) is 3.54. The summed E-state index contributed by atoms with van der Waals surface area (Å²) in [4.78, 5) is 43.8. The number of halogens is 1. The molecule has 1 heterocycles. The van der Waals surface area contributed by atoms with Crippen molar-refractivity contribution in [2.75, 3.05) is 7.11 Å². The first-order chi connectivity index (χ1) is 19.9. The van der Waals surface area contributed by atoms with Crippen molar-refractivity contribution >= 4 is 29.4 Å². The van der Waals surface area contributed by atoms with Gasteiger partial charge in [0.25, 0.3) is 5.91 Å². The fourth-order valence-corrected chi connectivity index (χ4v) is 5.92. The molecule has 1 aliphatic rings. The Morgan fingerprint density at radius 3 is 2.00 bits per heavy atom. The fourth-order valence-electron chi connectivity index (χ4n) is 5.72. The van der Waals surface area contributed by atoms with E-state index >= 15 is 0 Å². The Hall–Kier alpha value is -4.42. The third-order valence-electron chi connectivity index (χ3n) is 7.68. The van der Waals surface area contributed by atoms with E-state index < -0.39 is 29.9 Å². The Bertz CT molecular complexity index is 1530. The number of aryl methyl sites for hydroxylation is 1. The number of esters is 1. The summed E-state index contributed by atoms with van der Waals surface area (Å²) in [6.07, 6.45) is 0. The lowest BCUT2D eigenvalue weighted by Gasteiger charge is -2.31. The van der Waals surface area contributed by atoms with E-state index in [1.807, 2.05) is 97.9 Å². The molecule has 4 aromatic rings. The van der Waals surface area contributed by atoms with Gasteiger partial charge in [-0.3, -0.25) is 14.4 Å². The highest BCUT2D eigenvalue weighted by Gasteiger charge is 2.58. The number of nitrogens with zero attached hydrogens (tertiary/aromatic N) is 1. The number of hydrogen-bond donors (Lipinski definition) is 1. The van der Waals surface area contributed by atoms with Crippen molar-refractivity contribution in [1.82, 2.24) is 10.2 Å². The van der Waals surface area contributed by atoms with Gasteiger partial charge in [-0.1, -0.05) is 108 Å². The number of ether oxygens (including phenoxy) is 1. The molecule has 41 heavy (non-hydrogen) atoms. The first-order valence-electron chi connectivity index (χ1n) is 13.5. The second-order valence-corrected chi connectivity index (χ2v) is 10.6. The Labute approximate surface area is 244 Å². The third-order valence-corrected chi connectivity index (χ3v) is 8.05. The molecule has 6 nitrogen and oxygen atoms in total. The number of nitrogens with one attached hydrogen (secondary N) is 1. The SMILES string of the molecule is COC(=O)C1C(c2ccccc2)C(C(=O)NCc2ccccc2Cl)N(C(=O)c2ccc(C)cc2)C1c1ccccc1. The Balaban J connectivity index is 1.67. The van der Waals surface area contributed by atoms with E-state index in [1.54, 1.807) is 23.1 Å². The van der Waals surface area contributed by atoms with Crippen LogP contribution in [-0.4, -0.2) is 35.8 Å². The molecule has 7 heteroatoms. The van der Waals surface area contributed by atoms with Crippen LogP contribution in [0.1, 0.15) is 44.6 Å². The number of carbonyl (C=O) groups excluding carboxylic acids is 3. The summed E-state index contributed by atoms with van der Waals surface area (Å²) in [7, 11) is 1.34. The van der Waals surface area contributed by atoms with E-state index in [2.05, 4.69) is 5.32 Å². The molecule has 4 aromatic carbocycles. The average Bonchev–Trinajstić information content (AvgIpc) is 3.37. The average molecular weight is 567 g/mol. The number of hydrogen-bond acceptors (Lipinski definition) is 4. The molecule has 0 aromatic heterocycles. The molecular formula is C34H31ClN2O4. The molecule has 1 saturated heterocycles. The lowest BCUT2D eigenvalue weighted by atomic mass is 9.80. The molecule has 1 aliphatic heterocycles. The maximum atomic E-state index is 14.4. The minimum atomic E-state index is -1.01. The molecule has 0 spiro atoms. The molecule has 0 bridgehead atoms. The standard InChI is InChI=1S/C34H31ClN2O4/c1-22-17-19-25(20-18-22)33(39)37-30(24-13-7-4-8-14-24)29(34(40)41-2)28(23-11-5-3-6-12-23)31(37)32(38)36-21-26-15-9-10-16-27(26)35/h3-20,28-31H,21H2,1-2H3,(H,36,38). The van der Waals surface area contributed by atoms with Crippen molar-refractivity contribution in [3.63, 3.8) is 0 Å². The molecular weight excluding hydrogens is 536 g/mol. The summed E-state index contributed by atoms with van der Waals surface area (Å²) >= 11 is 6.37. The van der Waals surface area contributed by atoms with Crippen LogP contribution in [0.25, 0.3) is 0 Å². The van der Waals surface area contributed by atoms with Crippen LogP contribution >= 0.6 is 11.6 Å². The van der Waals surface area contributed by atoms with Crippen LogP contribution in [0.2, 0.25) is 5.02 Å². The van der Waals surface area contributed by atoms with Gasteiger partial charge in [0.1, 0.15) is 6.04 Å². The van der Waals surface area contributed by atoms with Crippen LogP contribution in [0, 0.1) is 12.8 Å². The number of benzene rings is 4. The zero-order chi connectivity index (χ0) is 28.9. The number of likely N-dealkylation sites (tertiary alicyclic amines) is 1. The largest absolute Gasteiger partial charge is 0.469 e. The third kappa shape index (κ3) is 5.74. The van der Waals surface area contributed by atoms with E-state index in [9.17, 15) is 14.4 Å². The van der Waals surface area contributed by atoms with Crippen LogP contribution in [0.15, 0.2) is 109 Å². The second kappa shape index (κ2) is 12.4. The maximum Gasteiger partial charge on any atom is 0.311 e. The van der Waals surface area contributed by atoms with E-state index in [-0.39, 0.29) is 18.4 Å². The van der Waals surface area contributed by atoms with Gasteiger partial charge in [-0.15, -0.1) is 0 Å². The van der Waals surface area contributed by atoms with Gasteiger partial charge < -0.3 is 15.0 Å². The highest BCUT2D eigenvalue weighted by Crippen LogP contribution is 2.51. The van der Waals surface area contributed by atoms with Crippen molar-refractivity contribution in [3.8, 4) is 0 Å². The van der Waals surface area contributed by atoms with E-state index in [4.69, 9.17) is 16.3 Å². The van der Waals surface area contributed by atoms with Crippen molar-refractivity contribution in [2.45, 2.75) is 31.5 Å². The highest BCUT2D eigenvalue weighted by molar-refractivity contribution is 6.31. The van der Waals surface area contributed by atoms with Crippen molar-refractivity contribution in [3.05, 3.63) is 142 Å². The van der Waals surface area contributed by atoms with Gasteiger partial charge >= 0.3 is 5.97 Å². The van der Waals surface area contributed by atoms with E-state index in [1.165, 1.54) is 7.11 Å². The monoisotopic (exact) mass is 566 g/mol.